The Labute approximate surface area is 99.1 Å². The summed E-state index contributed by atoms with van der Waals surface area (Å²) in [7, 11) is 0. The minimum Gasteiger partial charge on any atom is -0.478 e. The van der Waals surface area contributed by atoms with Crippen molar-refractivity contribution in [3.05, 3.63) is 28.1 Å². The summed E-state index contributed by atoms with van der Waals surface area (Å²) in [5, 5.41) is 18.1. The molecule has 0 fully saturated rings. The smallest absolute Gasteiger partial charge is 0.355 e. The number of carbonyl (C=O) groups is 2. The number of rotatable bonds is 4. The number of carboxylic acid groups (broad SMARTS) is 2. The van der Waals surface area contributed by atoms with Crippen molar-refractivity contribution in [2.24, 2.45) is 0 Å². The zero-order valence-electron chi connectivity index (χ0n) is 10.1. The van der Waals surface area contributed by atoms with Crippen LogP contribution in [0.5, 0.6) is 0 Å². The molecular weight excluding hydrogens is 222 g/mol. The predicted octanol–water partition coefficient (Wildman–Crippen LogP) is 1.91. The number of nitrogens with zero attached hydrogens (tertiary/aromatic N) is 1. The number of carboxylic acids is 2. The fourth-order valence-electron chi connectivity index (χ4n) is 1.98. The molecule has 0 saturated carbocycles. The van der Waals surface area contributed by atoms with Gasteiger partial charge in [0.25, 0.3) is 0 Å². The summed E-state index contributed by atoms with van der Waals surface area (Å²) < 4.78 is 0. The van der Waals surface area contributed by atoms with E-state index in [2.05, 4.69) is 4.98 Å². The summed E-state index contributed by atoms with van der Waals surface area (Å²) in [5.74, 6) is -2.55. The highest BCUT2D eigenvalue weighted by Crippen LogP contribution is 2.21. The summed E-state index contributed by atoms with van der Waals surface area (Å²) in [6, 6.07) is 0. The van der Waals surface area contributed by atoms with E-state index in [1.54, 1.807) is 6.92 Å². The molecule has 0 saturated heterocycles. The Morgan fingerprint density at radius 1 is 1.12 bits per heavy atom. The summed E-state index contributed by atoms with van der Waals surface area (Å²) in [4.78, 5) is 26.1. The second-order valence-electron chi connectivity index (χ2n) is 3.70. The Hall–Kier alpha value is -1.91. The molecule has 92 valence electrons. The monoisotopic (exact) mass is 237 g/mol. The van der Waals surface area contributed by atoms with E-state index in [4.69, 9.17) is 10.2 Å². The van der Waals surface area contributed by atoms with Crippen molar-refractivity contribution in [1.29, 1.82) is 0 Å². The van der Waals surface area contributed by atoms with Crippen LogP contribution in [0.3, 0.4) is 0 Å². The molecule has 5 heteroatoms. The van der Waals surface area contributed by atoms with Gasteiger partial charge in [-0.1, -0.05) is 13.8 Å². The third-order valence-corrected chi connectivity index (χ3v) is 2.76. The second-order valence-corrected chi connectivity index (χ2v) is 3.70. The summed E-state index contributed by atoms with van der Waals surface area (Å²) in [6.07, 6.45) is 1.23. The summed E-state index contributed by atoms with van der Waals surface area (Å²) in [6.45, 7) is 5.40. The number of hydrogen-bond acceptors (Lipinski definition) is 3. The first-order valence-corrected chi connectivity index (χ1v) is 5.42. The van der Waals surface area contributed by atoms with Gasteiger partial charge < -0.3 is 10.2 Å². The van der Waals surface area contributed by atoms with Gasteiger partial charge in [-0.15, -0.1) is 0 Å². The van der Waals surface area contributed by atoms with E-state index in [0.717, 1.165) is 5.56 Å². The number of aryl methyl sites for hydroxylation is 1. The summed E-state index contributed by atoms with van der Waals surface area (Å²) in [5.41, 5.74) is 1.42. The topological polar surface area (TPSA) is 87.5 Å². The van der Waals surface area contributed by atoms with E-state index in [0.29, 0.717) is 24.1 Å². The van der Waals surface area contributed by atoms with Gasteiger partial charge in [-0.05, 0) is 30.9 Å². The van der Waals surface area contributed by atoms with Crippen molar-refractivity contribution >= 4 is 11.9 Å². The van der Waals surface area contributed by atoms with E-state index in [1.165, 1.54) is 0 Å². The molecule has 0 amide bonds. The molecule has 17 heavy (non-hydrogen) atoms. The van der Waals surface area contributed by atoms with Gasteiger partial charge in [0.05, 0.1) is 5.56 Å². The molecule has 1 aromatic heterocycles. The molecule has 0 atom stereocenters. The average molecular weight is 237 g/mol. The highest BCUT2D eigenvalue weighted by atomic mass is 16.4. The minimum atomic E-state index is -1.30. The fraction of sp³-hybridized carbons (Fsp3) is 0.417. The molecule has 5 nitrogen and oxygen atoms in total. The van der Waals surface area contributed by atoms with Crippen molar-refractivity contribution in [3.63, 3.8) is 0 Å². The molecule has 1 heterocycles. The maximum Gasteiger partial charge on any atom is 0.355 e. The van der Waals surface area contributed by atoms with Crippen molar-refractivity contribution in [2.45, 2.75) is 33.6 Å². The SMILES string of the molecule is CCc1nc(C(=O)O)c(C(=O)O)c(C)c1CC. The van der Waals surface area contributed by atoms with Crippen molar-refractivity contribution in [1.82, 2.24) is 4.98 Å². The molecule has 0 unspecified atom stereocenters. The average Bonchev–Trinajstić information content (AvgIpc) is 2.26. The van der Waals surface area contributed by atoms with Crippen LogP contribution >= 0.6 is 0 Å². The maximum absolute atomic E-state index is 11.1. The van der Waals surface area contributed by atoms with Crippen molar-refractivity contribution in [3.8, 4) is 0 Å². The van der Waals surface area contributed by atoms with E-state index in [9.17, 15) is 9.59 Å². The lowest BCUT2D eigenvalue weighted by atomic mass is 9.96. The van der Waals surface area contributed by atoms with Gasteiger partial charge >= 0.3 is 11.9 Å². The number of aromatic nitrogens is 1. The second kappa shape index (κ2) is 4.95. The maximum atomic E-state index is 11.1. The number of aromatic carboxylic acids is 2. The van der Waals surface area contributed by atoms with Crippen molar-refractivity contribution < 1.29 is 19.8 Å². The van der Waals surface area contributed by atoms with Crippen LogP contribution in [0, 0.1) is 6.92 Å². The van der Waals surface area contributed by atoms with Crippen LogP contribution in [0.2, 0.25) is 0 Å². The van der Waals surface area contributed by atoms with Gasteiger partial charge in [-0.2, -0.15) is 0 Å². The Morgan fingerprint density at radius 3 is 2.06 bits per heavy atom. The van der Waals surface area contributed by atoms with Crippen LogP contribution in [-0.2, 0) is 12.8 Å². The van der Waals surface area contributed by atoms with Crippen LogP contribution in [0.25, 0.3) is 0 Å². The lowest BCUT2D eigenvalue weighted by Crippen LogP contribution is -2.16. The van der Waals surface area contributed by atoms with E-state index >= 15 is 0 Å². The standard InChI is InChI=1S/C12H15NO4/c1-4-7-6(3)9(11(14)15)10(12(16)17)13-8(7)5-2/h4-5H2,1-3H3,(H,14,15)(H,16,17). The molecule has 0 aliphatic heterocycles. The molecule has 0 aliphatic carbocycles. The highest BCUT2D eigenvalue weighted by molar-refractivity contribution is 6.01. The van der Waals surface area contributed by atoms with Crippen LogP contribution in [0.1, 0.15) is 51.5 Å². The van der Waals surface area contributed by atoms with Crippen LogP contribution in [0.15, 0.2) is 0 Å². The Kier molecular flexibility index (Phi) is 3.83. The molecule has 0 radical (unpaired) electrons. The molecule has 0 spiro atoms. The largest absolute Gasteiger partial charge is 0.478 e. The fourth-order valence-corrected chi connectivity index (χ4v) is 1.98. The number of pyridine rings is 1. The number of hydrogen-bond donors (Lipinski definition) is 2. The lowest BCUT2D eigenvalue weighted by molar-refractivity contribution is 0.0645. The molecular formula is C12H15NO4. The van der Waals surface area contributed by atoms with E-state index in [1.807, 2.05) is 13.8 Å². The van der Waals surface area contributed by atoms with Gasteiger partial charge in [0.2, 0.25) is 0 Å². The Morgan fingerprint density at radius 2 is 1.71 bits per heavy atom. The minimum absolute atomic E-state index is 0.202. The normalized spacial score (nSPS) is 10.3. The quantitative estimate of drug-likeness (QED) is 0.835. The van der Waals surface area contributed by atoms with Crippen LogP contribution in [0.4, 0.5) is 0 Å². The molecule has 0 aliphatic rings. The molecule has 0 aromatic carbocycles. The van der Waals surface area contributed by atoms with Gasteiger partial charge in [0.1, 0.15) is 0 Å². The zero-order valence-corrected chi connectivity index (χ0v) is 10.1. The van der Waals surface area contributed by atoms with Gasteiger partial charge in [0, 0.05) is 5.69 Å². The molecule has 1 rings (SSSR count). The van der Waals surface area contributed by atoms with E-state index < -0.39 is 11.9 Å². The molecule has 2 N–H and O–H groups in total. The van der Waals surface area contributed by atoms with Crippen LogP contribution < -0.4 is 0 Å². The van der Waals surface area contributed by atoms with Crippen molar-refractivity contribution in [2.75, 3.05) is 0 Å². The molecule has 0 bridgehead atoms. The van der Waals surface area contributed by atoms with Gasteiger partial charge in [-0.25, -0.2) is 14.6 Å². The highest BCUT2D eigenvalue weighted by Gasteiger charge is 2.24. The lowest BCUT2D eigenvalue weighted by Gasteiger charge is -2.13. The van der Waals surface area contributed by atoms with Gasteiger partial charge in [-0.3, -0.25) is 0 Å². The summed E-state index contributed by atoms with van der Waals surface area (Å²) >= 11 is 0. The van der Waals surface area contributed by atoms with Gasteiger partial charge in [0.15, 0.2) is 5.69 Å². The third-order valence-electron chi connectivity index (χ3n) is 2.76. The van der Waals surface area contributed by atoms with E-state index in [-0.39, 0.29) is 11.3 Å². The predicted molar refractivity (Wildman–Crippen MR) is 61.6 cm³/mol. The first-order valence-electron chi connectivity index (χ1n) is 5.42. The molecule has 1 aromatic rings. The van der Waals surface area contributed by atoms with Crippen LogP contribution in [-0.4, -0.2) is 27.1 Å². The Bertz CT molecular complexity index is 480. The first-order chi connectivity index (χ1) is 7.93. The Balaban J connectivity index is 3.67. The first kappa shape index (κ1) is 13.2. The third kappa shape index (κ3) is 2.27. The zero-order chi connectivity index (χ0) is 13.2.